The Balaban J connectivity index is 1.99. The molecule has 0 spiro atoms. The van der Waals surface area contributed by atoms with Crippen molar-refractivity contribution in [3.05, 3.63) is 35.2 Å². The van der Waals surface area contributed by atoms with E-state index >= 15 is 0 Å². The Labute approximate surface area is 106 Å². The fourth-order valence-corrected chi connectivity index (χ4v) is 2.51. The molecule has 1 unspecified atom stereocenters. The van der Waals surface area contributed by atoms with Crippen LogP contribution in [0.25, 0.3) is 11.4 Å². The van der Waals surface area contributed by atoms with Crippen molar-refractivity contribution < 1.29 is 4.52 Å². The highest BCUT2D eigenvalue weighted by atomic mass is 16.5. The van der Waals surface area contributed by atoms with Crippen molar-refractivity contribution in [2.75, 3.05) is 0 Å². The Bertz CT molecular complexity index is 562. The van der Waals surface area contributed by atoms with Gasteiger partial charge in [-0.25, -0.2) is 0 Å². The van der Waals surface area contributed by atoms with Crippen LogP contribution in [0.2, 0.25) is 0 Å². The Morgan fingerprint density at radius 1 is 1.44 bits per heavy atom. The molecule has 1 atom stereocenters. The lowest BCUT2D eigenvalue weighted by molar-refractivity contribution is 0.383. The number of aromatic nitrogens is 2. The van der Waals surface area contributed by atoms with Crippen LogP contribution >= 0.6 is 0 Å². The molecule has 1 heterocycles. The molecule has 0 saturated carbocycles. The van der Waals surface area contributed by atoms with Crippen LogP contribution in [-0.2, 0) is 12.8 Å². The molecular formula is C14H17N3O. The summed E-state index contributed by atoms with van der Waals surface area (Å²) in [5.41, 5.74) is 9.73. The summed E-state index contributed by atoms with van der Waals surface area (Å²) in [7, 11) is 0. The Kier molecular flexibility index (Phi) is 2.88. The first kappa shape index (κ1) is 11.4. The molecule has 1 aliphatic carbocycles. The van der Waals surface area contributed by atoms with E-state index in [0.717, 1.165) is 31.2 Å². The van der Waals surface area contributed by atoms with Gasteiger partial charge in [-0.2, -0.15) is 4.98 Å². The summed E-state index contributed by atoms with van der Waals surface area (Å²) >= 11 is 0. The molecule has 0 fully saturated rings. The monoisotopic (exact) mass is 243 g/mol. The number of nitrogens with zero attached hydrogens (tertiary/aromatic N) is 2. The lowest BCUT2D eigenvalue weighted by Gasteiger charge is -2.22. The van der Waals surface area contributed by atoms with E-state index in [0.29, 0.717) is 11.7 Å². The van der Waals surface area contributed by atoms with Crippen molar-refractivity contribution in [1.29, 1.82) is 0 Å². The van der Waals surface area contributed by atoms with Crippen LogP contribution in [0.4, 0.5) is 0 Å². The number of fused-ring (bicyclic) bond motifs is 1. The molecule has 0 saturated heterocycles. The Morgan fingerprint density at radius 3 is 3.11 bits per heavy atom. The smallest absolute Gasteiger partial charge is 0.226 e. The van der Waals surface area contributed by atoms with Crippen molar-refractivity contribution in [1.82, 2.24) is 10.1 Å². The molecule has 0 radical (unpaired) electrons. The molecule has 18 heavy (non-hydrogen) atoms. The van der Waals surface area contributed by atoms with E-state index in [-0.39, 0.29) is 6.04 Å². The Hall–Kier alpha value is -1.68. The van der Waals surface area contributed by atoms with Crippen molar-refractivity contribution in [2.24, 2.45) is 5.73 Å². The molecule has 0 bridgehead atoms. The maximum atomic E-state index is 6.11. The Morgan fingerprint density at radius 2 is 2.33 bits per heavy atom. The highest BCUT2D eigenvalue weighted by Crippen LogP contribution is 2.30. The second-order valence-corrected chi connectivity index (χ2v) is 4.78. The predicted octanol–water partition coefficient (Wildman–Crippen LogP) is 2.64. The zero-order chi connectivity index (χ0) is 12.5. The van der Waals surface area contributed by atoms with Crippen LogP contribution in [0.1, 0.15) is 42.8 Å². The zero-order valence-corrected chi connectivity index (χ0v) is 10.5. The number of hydrogen-bond acceptors (Lipinski definition) is 4. The third-order valence-electron chi connectivity index (χ3n) is 3.53. The van der Waals surface area contributed by atoms with Gasteiger partial charge in [0.05, 0.1) is 0 Å². The third kappa shape index (κ3) is 1.93. The molecule has 1 aliphatic rings. The number of aryl methyl sites for hydroxylation is 2. The molecular weight excluding hydrogens is 226 g/mol. The first-order valence-corrected chi connectivity index (χ1v) is 6.49. The van der Waals surface area contributed by atoms with Gasteiger partial charge in [0.1, 0.15) is 0 Å². The minimum atomic E-state index is 0.180. The van der Waals surface area contributed by atoms with E-state index in [2.05, 4.69) is 22.3 Å². The van der Waals surface area contributed by atoms with Gasteiger partial charge in [0.25, 0.3) is 0 Å². The van der Waals surface area contributed by atoms with E-state index in [1.54, 1.807) is 0 Å². The molecule has 4 heteroatoms. The third-order valence-corrected chi connectivity index (χ3v) is 3.53. The van der Waals surface area contributed by atoms with E-state index < -0.39 is 0 Å². The van der Waals surface area contributed by atoms with Crippen LogP contribution < -0.4 is 5.73 Å². The summed E-state index contributed by atoms with van der Waals surface area (Å²) in [4.78, 5) is 4.36. The highest BCUT2D eigenvalue weighted by molar-refractivity contribution is 5.57. The lowest BCUT2D eigenvalue weighted by atomic mass is 9.87. The van der Waals surface area contributed by atoms with E-state index in [1.807, 2.05) is 13.0 Å². The number of rotatable bonds is 2. The first-order chi connectivity index (χ1) is 8.78. The molecule has 0 aliphatic heterocycles. The normalized spacial score (nSPS) is 18.7. The average Bonchev–Trinajstić information content (AvgIpc) is 2.87. The maximum Gasteiger partial charge on any atom is 0.226 e. The first-order valence-electron chi connectivity index (χ1n) is 6.49. The maximum absolute atomic E-state index is 6.11. The second kappa shape index (κ2) is 4.53. The molecule has 3 rings (SSSR count). The van der Waals surface area contributed by atoms with Crippen molar-refractivity contribution in [2.45, 2.75) is 38.6 Å². The lowest BCUT2D eigenvalue weighted by Crippen LogP contribution is -2.17. The van der Waals surface area contributed by atoms with Gasteiger partial charge in [0, 0.05) is 18.0 Å². The topological polar surface area (TPSA) is 64.9 Å². The molecule has 94 valence electrons. The highest BCUT2D eigenvalue weighted by Gasteiger charge is 2.18. The second-order valence-electron chi connectivity index (χ2n) is 4.78. The molecule has 2 N–H and O–H groups in total. The van der Waals surface area contributed by atoms with Crippen LogP contribution in [0, 0.1) is 0 Å². The summed E-state index contributed by atoms with van der Waals surface area (Å²) in [6, 6.07) is 6.47. The van der Waals surface area contributed by atoms with Crippen LogP contribution in [0.15, 0.2) is 22.7 Å². The van der Waals surface area contributed by atoms with Gasteiger partial charge in [0.15, 0.2) is 0 Å². The average molecular weight is 243 g/mol. The summed E-state index contributed by atoms with van der Waals surface area (Å²) in [5.74, 6) is 1.35. The zero-order valence-electron chi connectivity index (χ0n) is 10.5. The van der Waals surface area contributed by atoms with Gasteiger partial charge in [-0.3, -0.25) is 0 Å². The molecule has 0 amide bonds. The van der Waals surface area contributed by atoms with Gasteiger partial charge in [0.2, 0.25) is 11.7 Å². The van der Waals surface area contributed by atoms with Crippen LogP contribution in [-0.4, -0.2) is 10.1 Å². The predicted molar refractivity (Wildman–Crippen MR) is 69.0 cm³/mol. The van der Waals surface area contributed by atoms with Crippen LogP contribution in [0.3, 0.4) is 0 Å². The number of nitrogens with two attached hydrogens (primary N) is 1. The van der Waals surface area contributed by atoms with Gasteiger partial charge < -0.3 is 10.3 Å². The van der Waals surface area contributed by atoms with Gasteiger partial charge in [-0.15, -0.1) is 0 Å². The standard InChI is InChI=1S/C14H17N3O/c1-2-13-16-14(17-18-13)10-6-7-11-9(8-10)4-3-5-12(11)15/h6-8,12H,2-5,15H2,1H3. The van der Waals surface area contributed by atoms with E-state index in [1.165, 1.54) is 11.1 Å². The van der Waals surface area contributed by atoms with Crippen molar-refractivity contribution in [3.8, 4) is 11.4 Å². The summed E-state index contributed by atoms with van der Waals surface area (Å²) in [6.07, 6.45) is 4.09. The largest absolute Gasteiger partial charge is 0.339 e. The molecule has 1 aromatic heterocycles. The van der Waals surface area contributed by atoms with E-state index in [4.69, 9.17) is 10.3 Å². The van der Waals surface area contributed by atoms with Gasteiger partial charge >= 0.3 is 0 Å². The number of hydrogen-bond donors (Lipinski definition) is 1. The van der Waals surface area contributed by atoms with Gasteiger partial charge in [-0.05, 0) is 36.5 Å². The fourth-order valence-electron chi connectivity index (χ4n) is 2.51. The van der Waals surface area contributed by atoms with Gasteiger partial charge in [-0.1, -0.05) is 24.2 Å². The SMILES string of the molecule is CCc1nc(-c2ccc3c(c2)CCCC3N)no1. The summed E-state index contributed by atoms with van der Waals surface area (Å²) in [6.45, 7) is 2.00. The minimum absolute atomic E-state index is 0.180. The molecule has 1 aromatic carbocycles. The van der Waals surface area contributed by atoms with Crippen LogP contribution in [0.5, 0.6) is 0 Å². The number of benzene rings is 1. The molecule has 2 aromatic rings. The van der Waals surface area contributed by atoms with Crippen molar-refractivity contribution >= 4 is 0 Å². The minimum Gasteiger partial charge on any atom is -0.339 e. The van der Waals surface area contributed by atoms with Crippen molar-refractivity contribution in [3.63, 3.8) is 0 Å². The van der Waals surface area contributed by atoms with E-state index in [9.17, 15) is 0 Å². The quantitative estimate of drug-likeness (QED) is 0.880. The molecule has 4 nitrogen and oxygen atoms in total. The fraction of sp³-hybridized carbons (Fsp3) is 0.429. The summed E-state index contributed by atoms with van der Waals surface area (Å²) in [5, 5.41) is 4.01. The summed E-state index contributed by atoms with van der Waals surface area (Å²) < 4.78 is 5.15.